The monoisotopic (exact) mass is 325 g/mol. The lowest BCUT2D eigenvalue weighted by molar-refractivity contribution is 0.286. The number of nitrogens with zero attached hydrogens (tertiary/aromatic N) is 1. The van der Waals surface area contributed by atoms with Gasteiger partial charge in [-0.25, -0.2) is 8.42 Å². The lowest BCUT2D eigenvalue weighted by Gasteiger charge is -2.07. The summed E-state index contributed by atoms with van der Waals surface area (Å²) in [6, 6.07) is 6.65. The Kier molecular flexibility index (Phi) is 6.01. The minimum absolute atomic E-state index is 0.0297. The predicted octanol–water partition coefficient (Wildman–Crippen LogP) is 3.09. The molecule has 3 unspecified atom stereocenters. The number of aliphatic hydroxyl groups is 1. The molecule has 0 aliphatic carbocycles. The molecule has 1 N–H and O–H groups in total. The molecule has 3 atom stereocenters. The van der Waals surface area contributed by atoms with E-state index in [9.17, 15) is 13.5 Å². The molecule has 124 valence electrons. The van der Waals surface area contributed by atoms with Crippen molar-refractivity contribution in [3.63, 3.8) is 0 Å². The van der Waals surface area contributed by atoms with E-state index in [0.717, 1.165) is 24.8 Å². The molecule has 1 aromatic rings. The van der Waals surface area contributed by atoms with Crippen LogP contribution in [-0.4, -0.2) is 36.5 Å². The Morgan fingerprint density at radius 3 is 2.27 bits per heavy atom. The molecule has 0 aromatic heterocycles. The average molecular weight is 325 g/mol. The van der Waals surface area contributed by atoms with Crippen LogP contribution in [0.25, 0.3) is 0 Å². The van der Waals surface area contributed by atoms with E-state index in [1.165, 1.54) is 23.6 Å². The number of aliphatic hydroxyl groups excluding tert-OH is 1. The maximum atomic E-state index is 12.6. The van der Waals surface area contributed by atoms with Crippen LogP contribution in [0.4, 0.5) is 0 Å². The van der Waals surface area contributed by atoms with Crippen molar-refractivity contribution in [3.05, 3.63) is 29.8 Å². The third kappa shape index (κ3) is 3.89. The van der Waals surface area contributed by atoms with Gasteiger partial charge >= 0.3 is 0 Å². The second-order valence-corrected chi connectivity index (χ2v) is 8.01. The maximum Gasteiger partial charge on any atom is 0.243 e. The van der Waals surface area contributed by atoms with Crippen molar-refractivity contribution in [1.29, 1.82) is 0 Å². The first kappa shape index (κ1) is 17.4. The van der Waals surface area contributed by atoms with Crippen molar-refractivity contribution in [1.82, 2.24) is 4.31 Å². The van der Waals surface area contributed by atoms with Crippen molar-refractivity contribution < 1.29 is 13.5 Å². The van der Waals surface area contributed by atoms with E-state index in [-0.39, 0.29) is 18.7 Å². The first-order valence-electron chi connectivity index (χ1n) is 8.23. The first-order valence-corrected chi connectivity index (χ1v) is 9.67. The molecule has 0 spiro atoms. The topological polar surface area (TPSA) is 57.4 Å². The quantitative estimate of drug-likeness (QED) is 0.561. The van der Waals surface area contributed by atoms with Gasteiger partial charge in [0.05, 0.1) is 17.5 Å². The number of rotatable bonds is 9. The molecule has 1 saturated heterocycles. The van der Waals surface area contributed by atoms with Crippen molar-refractivity contribution in [2.75, 3.05) is 6.61 Å². The molecule has 0 amide bonds. The number of benzene rings is 1. The lowest BCUT2D eigenvalue weighted by atomic mass is 10.1. The van der Waals surface area contributed by atoms with Crippen LogP contribution >= 0.6 is 0 Å². The van der Waals surface area contributed by atoms with Gasteiger partial charge in [-0.05, 0) is 25.5 Å². The Morgan fingerprint density at radius 2 is 1.68 bits per heavy atom. The Labute approximate surface area is 134 Å². The van der Waals surface area contributed by atoms with Crippen molar-refractivity contribution in [2.24, 2.45) is 0 Å². The molecule has 1 heterocycles. The van der Waals surface area contributed by atoms with Crippen LogP contribution in [-0.2, 0) is 10.0 Å². The van der Waals surface area contributed by atoms with Crippen molar-refractivity contribution in [3.8, 4) is 0 Å². The molecule has 1 aliphatic heterocycles. The van der Waals surface area contributed by atoms with Crippen LogP contribution in [0.5, 0.6) is 0 Å². The summed E-state index contributed by atoms with van der Waals surface area (Å²) in [7, 11) is -3.47. The lowest BCUT2D eigenvalue weighted by Crippen LogP contribution is -2.17. The fourth-order valence-corrected chi connectivity index (χ4v) is 4.81. The molecule has 0 bridgehead atoms. The molecule has 0 radical (unpaired) electrons. The van der Waals surface area contributed by atoms with Crippen LogP contribution in [0.3, 0.4) is 0 Å². The van der Waals surface area contributed by atoms with E-state index in [2.05, 4.69) is 6.92 Å². The van der Waals surface area contributed by atoms with Gasteiger partial charge in [-0.15, -0.1) is 0 Å². The van der Waals surface area contributed by atoms with E-state index in [4.69, 9.17) is 0 Å². The summed E-state index contributed by atoms with van der Waals surface area (Å²) < 4.78 is 26.8. The van der Waals surface area contributed by atoms with Crippen molar-refractivity contribution >= 4 is 10.0 Å². The fourth-order valence-electron chi connectivity index (χ4n) is 2.98. The van der Waals surface area contributed by atoms with Crippen molar-refractivity contribution in [2.45, 2.75) is 69.4 Å². The highest BCUT2D eigenvalue weighted by Gasteiger charge is 2.54. The third-order valence-corrected chi connectivity index (χ3v) is 6.36. The number of sulfonamides is 1. The second-order valence-electron chi connectivity index (χ2n) is 6.17. The molecular weight excluding hydrogens is 298 g/mol. The Morgan fingerprint density at radius 1 is 1.05 bits per heavy atom. The van der Waals surface area contributed by atoms with Gasteiger partial charge in [-0.3, -0.25) is 0 Å². The molecule has 1 aromatic carbocycles. The van der Waals surface area contributed by atoms with Gasteiger partial charge in [-0.2, -0.15) is 4.31 Å². The Bertz CT molecular complexity index is 568. The normalized spacial score (nSPS) is 24.4. The summed E-state index contributed by atoms with van der Waals surface area (Å²) >= 11 is 0. The minimum Gasteiger partial charge on any atom is -0.395 e. The number of hydrogen-bond donors (Lipinski definition) is 1. The zero-order valence-corrected chi connectivity index (χ0v) is 14.3. The largest absolute Gasteiger partial charge is 0.395 e. The molecule has 5 heteroatoms. The molecule has 1 fully saturated rings. The van der Waals surface area contributed by atoms with Gasteiger partial charge in [0.2, 0.25) is 10.0 Å². The van der Waals surface area contributed by atoms with Crippen LogP contribution in [0, 0.1) is 6.92 Å². The van der Waals surface area contributed by atoms with Crippen LogP contribution in [0.2, 0.25) is 0 Å². The smallest absolute Gasteiger partial charge is 0.243 e. The summed E-state index contributed by atoms with van der Waals surface area (Å²) in [5, 5.41) is 9.44. The SMILES string of the molecule is CCCCCCCC1C(CO)N1S(=O)(=O)c1ccc(C)cc1. The van der Waals surface area contributed by atoms with E-state index in [0.29, 0.717) is 4.90 Å². The van der Waals surface area contributed by atoms with E-state index < -0.39 is 10.0 Å². The number of unbranched alkanes of at least 4 members (excludes halogenated alkanes) is 4. The number of hydrogen-bond acceptors (Lipinski definition) is 3. The molecule has 0 saturated carbocycles. The Hall–Kier alpha value is -0.910. The highest BCUT2D eigenvalue weighted by atomic mass is 32.2. The van der Waals surface area contributed by atoms with Gasteiger partial charge in [-0.1, -0.05) is 56.7 Å². The molecular formula is C17H27NO3S. The number of aryl methyl sites for hydroxylation is 1. The highest BCUT2D eigenvalue weighted by molar-refractivity contribution is 7.89. The van der Waals surface area contributed by atoms with Gasteiger partial charge in [0, 0.05) is 6.04 Å². The van der Waals surface area contributed by atoms with E-state index in [1.807, 2.05) is 19.1 Å². The van der Waals surface area contributed by atoms with Gasteiger partial charge in [0.15, 0.2) is 0 Å². The molecule has 22 heavy (non-hydrogen) atoms. The minimum atomic E-state index is -3.47. The summed E-state index contributed by atoms with van der Waals surface area (Å²) in [4.78, 5) is 0.324. The summed E-state index contributed by atoms with van der Waals surface area (Å²) in [5.41, 5.74) is 1.04. The summed E-state index contributed by atoms with van der Waals surface area (Å²) in [5.74, 6) is 0. The Balaban J connectivity index is 1.96. The summed E-state index contributed by atoms with van der Waals surface area (Å²) in [6.07, 6.45) is 6.66. The molecule has 1 aliphatic rings. The molecule has 4 nitrogen and oxygen atoms in total. The zero-order valence-electron chi connectivity index (χ0n) is 13.5. The van der Waals surface area contributed by atoms with Gasteiger partial charge in [0.25, 0.3) is 0 Å². The van der Waals surface area contributed by atoms with Crippen LogP contribution in [0.1, 0.15) is 51.0 Å². The summed E-state index contributed by atoms with van der Waals surface area (Å²) in [6.45, 7) is 4.02. The second kappa shape index (κ2) is 7.57. The first-order chi connectivity index (χ1) is 10.5. The van der Waals surface area contributed by atoms with Crippen LogP contribution < -0.4 is 0 Å². The zero-order chi connectivity index (χ0) is 16.2. The van der Waals surface area contributed by atoms with Gasteiger partial charge in [0.1, 0.15) is 0 Å². The van der Waals surface area contributed by atoms with Gasteiger partial charge < -0.3 is 5.11 Å². The van der Waals surface area contributed by atoms with E-state index in [1.54, 1.807) is 12.1 Å². The molecule has 2 rings (SSSR count). The standard InChI is InChI=1S/C17H27NO3S/c1-3-4-5-6-7-8-16-17(13-19)18(16)22(20,21)15-11-9-14(2)10-12-15/h9-12,16-17,19H,3-8,13H2,1-2H3. The highest BCUT2D eigenvalue weighted by Crippen LogP contribution is 2.38. The predicted molar refractivity (Wildman–Crippen MR) is 88.2 cm³/mol. The maximum absolute atomic E-state index is 12.6. The average Bonchev–Trinajstić information content (AvgIpc) is 3.21. The van der Waals surface area contributed by atoms with E-state index >= 15 is 0 Å². The fraction of sp³-hybridized carbons (Fsp3) is 0.647. The third-order valence-electron chi connectivity index (χ3n) is 4.40. The van der Waals surface area contributed by atoms with Crippen LogP contribution in [0.15, 0.2) is 29.2 Å².